The van der Waals surface area contributed by atoms with Crippen molar-refractivity contribution in [3.8, 4) is 11.5 Å². The summed E-state index contributed by atoms with van der Waals surface area (Å²) in [7, 11) is 0. The van der Waals surface area contributed by atoms with E-state index in [1.807, 2.05) is 0 Å². The van der Waals surface area contributed by atoms with Gasteiger partial charge in [-0.25, -0.2) is 13.6 Å². The molecule has 1 N–H and O–H groups in total. The second-order valence-corrected chi connectivity index (χ2v) is 7.64. The number of imidazole rings is 1. The van der Waals surface area contributed by atoms with Crippen LogP contribution in [0, 0.1) is 11.6 Å². The van der Waals surface area contributed by atoms with Crippen molar-refractivity contribution in [2.45, 2.75) is 25.0 Å². The van der Waals surface area contributed by atoms with Crippen LogP contribution in [0.25, 0.3) is 11.0 Å². The lowest BCUT2D eigenvalue weighted by atomic mass is 10.0. The summed E-state index contributed by atoms with van der Waals surface area (Å²) in [6.07, 6.45) is 1.45. The number of nitrogens with one attached hydrogen (secondary N) is 1. The van der Waals surface area contributed by atoms with Crippen LogP contribution < -0.4 is 15.2 Å². The number of hydrogen-bond donors (Lipinski definition) is 1. The number of halogens is 2. The van der Waals surface area contributed by atoms with Gasteiger partial charge in [-0.15, -0.1) is 0 Å². The van der Waals surface area contributed by atoms with Gasteiger partial charge in [-0.2, -0.15) is 0 Å². The number of piperidine rings is 1. The number of hydrogen-bond acceptors (Lipinski definition) is 4. The summed E-state index contributed by atoms with van der Waals surface area (Å²) in [6.45, 7) is 2.71. The summed E-state index contributed by atoms with van der Waals surface area (Å²) < 4.78 is 40.2. The Labute approximate surface area is 165 Å². The molecule has 8 heteroatoms. The van der Waals surface area contributed by atoms with E-state index in [0.29, 0.717) is 30.2 Å². The predicted octanol–water partition coefficient (Wildman–Crippen LogP) is 3.08. The maximum absolute atomic E-state index is 13.4. The summed E-state index contributed by atoms with van der Waals surface area (Å²) in [5.74, 6) is 0.292. The molecule has 1 fully saturated rings. The number of H-pyrrole nitrogens is 1. The summed E-state index contributed by atoms with van der Waals surface area (Å²) in [5, 5.41) is 0. The number of aromatic amines is 1. The molecule has 5 rings (SSSR count). The fraction of sp³-hybridized carbons (Fsp3) is 0.381. The van der Waals surface area contributed by atoms with Crippen LogP contribution in [0.15, 0.2) is 41.2 Å². The number of aromatic nitrogens is 2. The molecule has 0 amide bonds. The average Bonchev–Trinajstić information content (AvgIpc) is 3.03. The zero-order valence-corrected chi connectivity index (χ0v) is 15.7. The highest BCUT2D eigenvalue weighted by atomic mass is 19.1. The van der Waals surface area contributed by atoms with Crippen LogP contribution in [0.5, 0.6) is 11.5 Å². The molecule has 2 aliphatic heterocycles. The molecule has 1 saturated heterocycles. The van der Waals surface area contributed by atoms with Crippen molar-refractivity contribution in [3.63, 3.8) is 0 Å². The molecule has 2 aromatic carbocycles. The van der Waals surface area contributed by atoms with Crippen LogP contribution in [-0.2, 0) is 0 Å². The van der Waals surface area contributed by atoms with Crippen molar-refractivity contribution in [2.75, 3.05) is 26.2 Å². The molecular formula is C21H21F2N3O3. The fourth-order valence-corrected chi connectivity index (χ4v) is 4.29. The lowest BCUT2D eigenvalue weighted by Crippen LogP contribution is -2.45. The number of benzene rings is 2. The molecular weight excluding hydrogens is 380 g/mol. The first kappa shape index (κ1) is 18.2. The van der Waals surface area contributed by atoms with Crippen LogP contribution in [0.1, 0.15) is 18.9 Å². The van der Waals surface area contributed by atoms with Crippen molar-refractivity contribution in [3.05, 3.63) is 58.5 Å². The topological polar surface area (TPSA) is 59.5 Å². The Balaban J connectivity index is 1.24. The molecule has 3 aromatic rings. The van der Waals surface area contributed by atoms with Crippen molar-refractivity contribution >= 4 is 11.0 Å². The summed E-state index contributed by atoms with van der Waals surface area (Å²) in [6, 6.07) is 8.73. The largest absolute Gasteiger partial charge is 0.486 e. The number of fused-ring (bicyclic) bond motifs is 2. The van der Waals surface area contributed by atoms with Gasteiger partial charge in [-0.1, -0.05) is 0 Å². The van der Waals surface area contributed by atoms with E-state index >= 15 is 0 Å². The summed E-state index contributed by atoms with van der Waals surface area (Å²) >= 11 is 0. The predicted molar refractivity (Wildman–Crippen MR) is 104 cm³/mol. The van der Waals surface area contributed by atoms with Gasteiger partial charge in [0.15, 0.2) is 11.5 Å². The molecule has 1 aromatic heterocycles. The maximum atomic E-state index is 13.4. The Hall–Kier alpha value is -2.87. The minimum absolute atomic E-state index is 0.0660. The van der Waals surface area contributed by atoms with Crippen molar-refractivity contribution in [2.24, 2.45) is 0 Å². The molecule has 2 aliphatic rings. The standard InChI is InChI=1S/C21H21F2N3O3/c22-13-1-3-18-17(9-13)24-21(27)26(18)15-5-7-25(8-6-15)11-16-12-28-19-4-2-14(23)10-20(19)29-16/h1-4,9-10,15-16H,5-8,11-12H2,(H,24,27). The van der Waals surface area contributed by atoms with Crippen LogP contribution in [0.3, 0.4) is 0 Å². The first-order chi connectivity index (χ1) is 14.1. The molecule has 1 unspecified atom stereocenters. The van der Waals surface area contributed by atoms with E-state index in [1.54, 1.807) is 16.7 Å². The zero-order chi connectivity index (χ0) is 20.0. The minimum atomic E-state index is -0.364. The van der Waals surface area contributed by atoms with Gasteiger partial charge in [0.25, 0.3) is 0 Å². The second kappa shape index (κ2) is 7.18. The number of ether oxygens (including phenoxy) is 2. The molecule has 29 heavy (non-hydrogen) atoms. The van der Waals surface area contributed by atoms with E-state index in [-0.39, 0.29) is 29.5 Å². The smallest absolute Gasteiger partial charge is 0.326 e. The molecule has 0 bridgehead atoms. The van der Waals surface area contributed by atoms with Gasteiger partial charge in [-0.05, 0) is 43.2 Å². The second-order valence-electron chi connectivity index (χ2n) is 7.64. The SMILES string of the molecule is O=c1[nH]c2cc(F)ccc2n1C1CCN(CC2COc3ccc(F)cc3O2)CC1. The van der Waals surface area contributed by atoms with E-state index < -0.39 is 0 Å². The third-order valence-corrected chi connectivity index (χ3v) is 5.69. The van der Waals surface area contributed by atoms with Crippen molar-refractivity contribution in [1.82, 2.24) is 14.5 Å². The van der Waals surface area contributed by atoms with Crippen LogP contribution in [0.2, 0.25) is 0 Å². The first-order valence-electron chi connectivity index (χ1n) is 9.78. The Morgan fingerprint density at radius 3 is 2.62 bits per heavy atom. The van der Waals surface area contributed by atoms with E-state index in [9.17, 15) is 13.6 Å². The Morgan fingerprint density at radius 1 is 1.03 bits per heavy atom. The van der Waals surface area contributed by atoms with E-state index in [0.717, 1.165) is 31.4 Å². The average molecular weight is 401 g/mol. The van der Waals surface area contributed by atoms with Crippen LogP contribution in [0.4, 0.5) is 8.78 Å². The van der Waals surface area contributed by atoms with Crippen molar-refractivity contribution < 1.29 is 18.3 Å². The third kappa shape index (κ3) is 3.48. The van der Waals surface area contributed by atoms with Gasteiger partial charge in [0.1, 0.15) is 24.3 Å². The maximum Gasteiger partial charge on any atom is 0.326 e. The van der Waals surface area contributed by atoms with Gasteiger partial charge in [0.2, 0.25) is 0 Å². The van der Waals surface area contributed by atoms with Gasteiger partial charge in [0.05, 0.1) is 11.0 Å². The monoisotopic (exact) mass is 401 g/mol. The number of nitrogens with zero attached hydrogens (tertiary/aromatic N) is 2. The first-order valence-corrected chi connectivity index (χ1v) is 9.78. The number of rotatable bonds is 3. The third-order valence-electron chi connectivity index (χ3n) is 5.69. The van der Waals surface area contributed by atoms with Crippen LogP contribution in [-0.4, -0.2) is 46.8 Å². The Bertz CT molecular complexity index is 1100. The Morgan fingerprint density at radius 2 is 1.79 bits per heavy atom. The van der Waals surface area contributed by atoms with Crippen molar-refractivity contribution in [1.29, 1.82) is 0 Å². The number of likely N-dealkylation sites (tertiary alicyclic amines) is 1. The summed E-state index contributed by atoms with van der Waals surface area (Å²) in [5.41, 5.74) is 1.06. The normalized spacial score (nSPS) is 20.3. The van der Waals surface area contributed by atoms with Gasteiger partial charge < -0.3 is 14.5 Å². The molecule has 0 saturated carbocycles. The summed E-state index contributed by atoms with van der Waals surface area (Å²) in [4.78, 5) is 17.4. The highest BCUT2D eigenvalue weighted by Crippen LogP contribution is 2.33. The molecule has 0 radical (unpaired) electrons. The lowest BCUT2D eigenvalue weighted by molar-refractivity contribution is 0.0482. The minimum Gasteiger partial charge on any atom is -0.486 e. The molecule has 152 valence electrons. The molecule has 0 spiro atoms. The quantitative estimate of drug-likeness (QED) is 0.733. The highest BCUT2D eigenvalue weighted by molar-refractivity contribution is 5.75. The van der Waals surface area contributed by atoms with E-state index in [2.05, 4.69) is 9.88 Å². The molecule has 3 heterocycles. The fourth-order valence-electron chi connectivity index (χ4n) is 4.29. The van der Waals surface area contributed by atoms with Gasteiger partial charge in [-0.3, -0.25) is 9.47 Å². The van der Waals surface area contributed by atoms with Gasteiger partial charge >= 0.3 is 5.69 Å². The molecule has 0 aliphatic carbocycles. The lowest BCUT2D eigenvalue weighted by Gasteiger charge is -2.36. The van der Waals surface area contributed by atoms with E-state index in [1.165, 1.54) is 24.3 Å². The highest BCUT2D eigenvalue weighted by Gasteiger charge is 2.28. The zero-order valence-electron chi connectivity index (χ0n) is 15.7. The van der Waals surface area contributed by atoms with Crippen LogP contribution >= 0.6 is 0 Å². The van der Waals surface area contributed by atoms with Gasteiger partial charge in [0, 0.05) is 31.7 Å². The Kier molecular flexibility index (Phi) is 4.50. The molecule has 1 atom stereocenters. The van der Waals surface area contributed by atoms with E-state index in [4.69, 9.17) is 9.47 Å². The molecule has 6 nitrogen and oxygen atoms in total.